The van der Waals surface area contributed by atoms with Crippen molar-refractivity contribution in [1.82, 2.24) is 4.90 Å². The van der Waals surface area contributed by atoms with Gasteiger partial charge in [-0.1, -0.05) is 47.2 Å². The molecule has 2 nitrogen and oxygen atoms in total. The Bertz CT molecular complexity index is 337. The van der Waals surface area contributed by atoms with Crippen molar-refractivity contribution in [3.8, 4) is 0 Å². The Morgan fingerprint density at radius 2 is 2.00 bits per heavy atom. The van der Waals surface area contributed by atoms with Gasteiger partial charge in [-0.3, -0.25) is 4.90 Å². The standard InChI is InChI=1S/C12H17BrN2S/c1-2-7-15(9-12(14)16)8-10-3-5-11(13)6-4-10/h3-6H,2,7-9H2,1H3,(H2,14,16). The molecule has 16 heavy (non-hydrogen) atoms. The first-order valence-electron chi connectivity index (χ1n) is 5.37. The Kier molecular flexibility index (Phi) is 5.95. The van der Waals surface area contributed by atoms with E-state index >= 15 is 0 Å². The van der Waals surface area contributed by atoms with Crippen molar-refractivity contribution in [2.24, 2.45) is 5.73 Å². The highest BCUT2D eigenvalue weighted by Gasteiger charge is 2.05. The molecule has 0 amide bonds. The second-order valence-electron chi connectivity index (χ2n) is 3.80. The van der Waals surface area contributed by atoms with Crippen LogP contribution in [-0.4, -0.2) is 23.0 Å². The van der Waals surface area contributed by atoms with Crippen molar-refractivity contribution in [2.45, 2.75) is 19.9 Å². The van der Waals surface area contributed by atoms with E-state index in [4.69, 9.17) is 18.0 Å². The molecule has 0 aromatic heterocycles. The van der Waals surface area contributed by atoms with Crippen molar-refractivity contribution >= 4 is 33.1 Å². The van der Waals surface area contributed by atoms with Gasteiger partial charge in [-0.15, -0.1) is 0 Å². The SMILES string of the molecule is CCCN(CC(N)=S)Cc1ccc(Br)cc1. The van der Waals surface area contributed by atoms with Gasteiger partial charge in [-0.2, -0.15) is 0 Å². The Balaban J connectivity index is 2.59. The van der Waals surface area contributed by atoms with Crippen LogP contribution in [0.3, 0.4) is 0 Å². The van der Waals surface area contributed by atoms with Crippen molar-refractivity contribution in [3.63, 3.8) is 0 Å². The molecule has 0 saturated heterocycles. The normalized spacial score (nSPS) is 10.7. The number of halogens is 1. The summed E-state index contributed by atoms with van der Waals surface area (Å²) in [6.07, 6.45) is 1.11. The van der Waals surface area contributed by atoms with Crippen LogP contribution in [0.4, 0.5) is 0 Å². The van der Waals surface area contributed by atoms with Gasteiger partial charge in [0.25, 0.3) is 0 Å². The van der Waals surface area contributed by atoms with E-state index < -0.39 is 0 Å². The fourth-order valence-corrected chi connectivity index (χ4v) is 2.05. The van der Waals surface area contributed by atoms with Crippen LogP contribution in [0.1, 0.15) is 18.9 Å². The second-order valence-corrected chi connectivity index (χ2v) is 5.24. The second kappa shape index (κ2) is 6.99. The summed E-state index contributed by atoms with van der Waals surface area (Å²) < 4.78 is 1.10. The van der Waals surface area contributed by atoms with E-state index in [0.717, 1.165) is 24.0 Å². The van der Waals surface area contributed by atoms with Crippen molar-refractivity contribution in [3.05, 3.63) is 34.3 Å². The lowest BCUT2D eigenvalue weighted by molar-refractivity contribution is 0.304. The van der Waals surface area contributed by atoms with Crippen LogP contribution in [0.2, 0.25) is 0 Å². The third-order valence-corrected chi connectivity index (χ3v) is 2.90. The van der Waals surface area contributed by atoms with Gasteiger partial charge in [0, 0.05) is 17.6 Å². The summed E-state index contributed by atoms with van der Waals surface area (Å²) in [6.45, 7) is 4.78. The predicted octanol–water partition coefficient (Wildman–Crippen LogP) is 2.95. The highest BCUT2D eigenvalue weighted by atomic mass is 79.9. The van der Waals surface area contributed by atoms with Gasteiger partial charge < -0.3 is 5.73 Å². The minimum absolute atomic E-state index is 0.561. The zero-order valence-corrected chi connectivity index (χ0v) is 11.9. The van der Waals surface area contributed by atoms with Crippen molar-refractivity contribution in [1.29, 1.82) is 0 Å². The maximum Gasteiger partial charge on any atom is 0.0870 e. The Morgan fingerprint density at radius 3 is 2.50 bits per heavy atom. The van der Waals surface area contributed by atoms with Gasteiger partial charge in [0.05, 0.1) is 4.99 Å². The highest BCUT2D eigenvalue weighted by molar-refractivity contribution is 9.10. The van der Waals surface area contributed by atoms with Crippen molar-refractivity contribution < 1.29 is 0 Å². The summed E-state index contributed by atoms with van der Waals surface area (Å²) >= 11 is 8.38. The fourth-order valence-electron chi connectivity index (χ4n) is 1.60. The lowest BCUT2D eigenvalue weighted by Crippen LogP contribution is -2.32. The third kappa shape index (κ3) is 5.05. The molecule has 4 heteroatoms. The molecule has 0 saturated carbocycles. The maximum absolute atomic E-state index is 5.58. The van der Waals surface area contributed by atoms with E-state index in [-0.39, 0.29) is 0 Å². The molecule has 0 spiro atoms. The maximum atomic E-state index is 5.58. The lowest BCUT2D eigenvalue weighted by atomic mass is 10.2. The van der Waals surface area contributed by atoms with Crippen molar-refractivity contribution in [2.75, 3.05) is 13.1 Å². The van der Waals surface area contributed by atoms with Crippen LogP contribution in [0, 0.1) is 0 Å². The minimum atomic E-state index is 0.561. The molecule has 0 aliphatic rings. The van der Waals surface area contributed by atoms with Crippen LogP contribution in [0.5, 0.6) is 0 Å². The molecule has 0 aliphatic carbocycles. The minimum Gasteiger partial charge on any atom is -0.392 e. The molecule has 2 N–H and O–H groups in total. The summed E-state index contributed by atoms with van der Waals surface area (Å²) in [5.41, 5.74) is 6.87. The first-order valence-corrected chi connectivity index (χ1v) is 6.57. The zero-order valence-electron chi connectivity index (χ0n) is 9.45. The van der Waals surface area contributed by atoms with Crippen LogP contribution in [0.15, 0.2) is 28.7 Å². The molecule has 0 heterocycles. The molecule has 1 rings (SSSR count). The van der Waals surface area contributed by atoms with E-state index in [0.29, 0.717) is 11.5 Å². The van der Waals surface area contributed by atoms with Crippen LogP contribution in [-0.2, 0) is 6.54 Å². The Labute approximate surface area is 111 Å². The molecule has 0 atom stereocenters. The topological polar surface area (TPSA) is 29.3 Å². The van der Waals surface area contributed by atoms with Crippen LogP contribution >= 0.6 is 28.1 Å². The van der Waals surface area contributed by atoms with Crippen LogP contribution in [0.25, 0.3) is 0 Å². The largest absolute Gasteiger partial charge is 0.392 e. The summed E-state index contributed by atoms with van der Waals surface area (Å²) in [7, 11) is 0. The molecule has 1 aromatic carbocycles. The van der Waals surface area contributed by atoms with E-state index in [2.05, 4.69) is 52.0 Å². The number of thiocarbonyl (C=S) groups is 1. The quantitative estimate of drug-likeness (QED) is 0.819. The summed E-state index contributed by atoms with van der Waals surface area (Å²) in [6, 6.07) is 8.35. The first-order chi connectivity index (χ1) is 7.61. The molecular formula is C12H17BrN2S. The highest BCUT2D eigenvalue weighted by Crippen LogP contribution is 2.12. The fraction of sp³-hybridized carbons (Fsp3) is 0.417. The molecule has 0 fully saturated rings. The van der Waals surface area contributed by atoms with Gasteiger partial charge in [0.15, 0.2) is 0 Å². The smallest absolute Gasteiger partial charge is 0.0870 e. The number of benzene rings is 1. The number of hydrogen-bond acceptors (Lipinski definition) is 2. The monoisotopic (exact) mass is 300 g/mol. The van der Waals surface area contributed by atoms with Crippen LogP contribution < -0.4 is 5.73 Å². The molecule has 0 bridgehead atoms. The zero-order chi connectivity index (χ0) is 12.0. The summed E-state index contributed by atoms with van der Waals surface area (Å²) in [4.78, 5) is 2.83. The lowest BCUT2D eigenvalue weighted by Gasteiger charge is -2.20. The molecular weight excluding hydrogens is 284 g/mol. The molecule has 0 radical (unpaired) electrons. The first kappa shape index (κ1) is 13.6. The van der Waals surface area contributed by atoms with E-state index in [9.17, 15) is 0 Å². The third-order valence-electron chi connectivity index (χ3n) is 2.24. The molecule has 1 aromatic rings. The average Bonchev–Trinajstić information content (AvgIpc) is 2.21. The molecule has 0 unspecified atom stereocenters. The van der Waals surface area contributed by atoms with Gasteiger partial charge in [0.1, 0.15) is 0 Å². The Morgan fingerprint density at radius 1 is 1.38 bits per heavy atom. The average molecular weight is 301 g/mol. The predicted molar refractivity (Wildman–Crippen MR) is 76.5 cm³/mol. The van der Waals surface area contributed by atoms with Gasteiger partial charge in [0.2, 0.25) is 0 Å². The number of nitrogens with zero attached hydrogens (tertiary/aromatic N) is 1. The summed E-state index contributed by atoms with van der Waals surface area (Å²) in [5.74, 6) is 0. The van der Waals surface area contributed by atoms with Gasteiger partial charge in [-0.25, -0.2) is 0 Å². The van der Waals surface area contributed by atoms with Gasteiger partial charge in [-0.05, 0) is 30.7 Å². The molecule has 0 aliphatic heterocycles. The van der Waals surface area contributed by atoms with E-state index in [1.165, 1.54) is 5.56 Å². The Hall–Kier alpha value is -0.450. The van der Waals surface area contributed by atoms with E-state index in [1.54, 1.807) is 0 Å². The summed E-state index contributed by atoms with van der Waals surface area (Å²) in [5, 5.41) is 0. The van der Waals surface area contributed by atoms with Gasteiger partial charge >= 0.3 is 0 Å². The number of nitrogens with two attached hydrogens (primary N) is 1. The van der Waals surface area contributed by atoms with E-state index in [1.807, 2.05) is 0 Å². The number of hydrogen-bond donors (Lipinski definition) is 1. The number of rotatable bonds is 6. The molecule has 88 valence electrons.